The summed E-state index contributed by atoms with van der Waals surface area (Å²) >= 11 is 0. The number of ether oxygens (including phenoxy) is 1. The molecule has 0 bridgehead atoms. The zero-order valence-electron chi connectivity index (χ0n) is 13.8. The molecule has 0 saturated carbocycles. The SMILES string of the molecule is COc1ccc(NS(=O)(=O)c2cc3c4c(c2)CCN4C(=O)CC3)cc1. The van der Waals surface area contributed by atoms with E-state index in [1.165, 1.54) is 0 Å². The average molecular weight is 358 g/mol. The van der Waals surface area contributed by atoms with Crippen molar-refractivity contribution in [3.05, 3.63) is 47.5 Å². The minimum atomic E-state index is -3.69. The van der Waals surface area contributed by atoms with Crippen molar-refractivity contribution in [3.8, 4) is 5.75 Å². The van der Waals surface area contributed by atoms with Gasteiger partial charge in [-0.25, -0.2) is 8.42 Å². The Morgan fingerprint density at radius 3 is 2.40 bits per heavy atom. The number of methoxy groups -OCH3 is 1. The van der Waals surface area contributed by atoms with E-state index in [1.54, 1.807) is 48.4 Å². The Labute approximate surface area is 146 Å². The van der Waals surface area contributed by atoms with Crippen LogP contribution in [0, 0.1) is 0 Å². The highest BCUT2D eigenvalue weighted by Gasteiger charge is 2.32. The average Bonchev–Trinajstić information content (AvgIpc) is 3.04. The van der Waals surface area contributed by atoms with Crippen molar-refractivity contribution in [2.24, 2.45) is 0 Å². The van der Waals surface area contributed by atoms with Gasteiger partial charge in [0.05, 0.1) is 17.7 Å². The molecule has 130 valence electrons. The van der Waals surface area contributed by atoms with E-state index in [4.69, 9.17) is 4.74 Å². The molecule has 0 spiro atoms. The zero-order valence-corrected chi connectivity index (χ0v) is 14.6. The predicted molar refractivity (Wildman–Crippen MR) is 94.6 cm³/mol. The van der Waals surface area contributed by atoms with Crippen molar-refractivity contribution in [2.45, 2.75) is 24.2 Å². The van der Waals surface area contributed by atoms with Gasteiger partial charge in [0.15, 0.2) is 0 Å². The molecule has 2 aromatic rings. The van der Waals surface area contributed by atoms with Gasteiger partial charge in [-0.2, -0.15) is 0 Å². The minimum absolute atomic E-state index is 0.123. The number of aryl methyl sites for hydroxylation is 1. The number of nitrogens with zero attached hydrogens (tertiary/aromatic N) is 1. The fraction of sp³-hybridized carbons (Fsp3) is 0.278. The van der Waals surface area contributed by atoms with Crippen LogP contribution < -0.4 is 14.4 Å². The molecule has 2 aliphatic rings. The maximum absolute atomic E-state index is 12.8. The van der Waals surface area contributed by atoms with E-state index >= 15 is 0 Å². The van der Waals surface area contributed by atoms with Gasteiger partial charge >= 0.3 is 0 Å². The van der Waals surface area contributed by atoms with Crippen LogP contribution in [0.15, 0.2) is 41.3 Å². The van der Waals surface area contributed by atoms with Gasteiger partial charge in [-0.05, 0) is 60.4 Å². The number of hydrogen-bond acceptors (Lipinski definition) is 4. The third kappa shape index (κ3) is 2.74. The summed E-state index contributed by atoms with van der Waals surface area (Å²) in [6.07, 6.45) is 1.71. The monoisotopic (exact) mass is 358 g/mol. The molecular weight excluding hydrogens is 340 g/mol. The largest absolute Gasteiger partial charge is 0.497 e. The number of anilines is 2. The molecule has 2 aromatic carbocycles. The molecule has 0 aliphatic carbocycles. The summed E-state index contributed by atoms with van der Waals surface area (Å²) in [6, 6.07) is 10.1. The lowest BCUT2D eigenvalue weighted by Crippen LogP contribution is -2.33. The number of amides is 1. The van der Waals surface area contributed by atoms with Gasteiger partial charge in [-0.15, -0.1) is 0 Å². The second kappa shape index (κ2) is 5.77. The molecule has 25 heavy (non-hydrogen) atoms. The molecule has 1 N–H and O–H groups in total. The van der Waals surface area contributed by atoms with Gasteiger partial charge in [0.25, 0.3) is 10.0 Å². The number of rotatable bonds is 4. The van der Waals surface area contributed by atoms with Gasteiger partial charge < -0.3 is 9.64 Å². The van der Waals surface area contributed by atoms with E-state index in [0.717, 1.165) is 16.8 Å². The Morgan fingerprint density at radius 2 is 1.72 bits per heavy atom. The topological polar surface area (TPSA) is 75.7 Å². The summed E-state index contributed by atoms with van der Waals surface area (Å²) < 4.78 is 33.2. The lowest BCUT2D eigenvalue weighted by atomic mass is 10.00. The van der Waals surface area contributed by atoms with E-state index < -0.39 is 10.0 Å². The number of sulfonamides is 1. The summed E-state index contributed by atoms with van der Waals surface area (Å²) in [5.41, 5.74) is 3.26. The molecule has 0 atom stereocenters. The minimum Gasteiger partial charge on any atom is -0.497 e. The molecule has 0 fully saturated rings. The van der Waals surface area contributed by atoms with Crippen LogP contribution in [-0.4, -0.2) is 28.0 Å². The van der Waals surface area contributed by atoms with Gasteiger partial charge in [-0.3, -0.25) is 9.52 Å². The number of benzene rings is 2. The van der Waals surface area contributed by atoms with Crippen molar-refractivity contribution in [1.29, 1.82) is 0 Å². The van der Waals surface area contributed by atoms with Crippen molar-refractivity contribution in [3.63, 3.8) is 0 Å². The van der Waals surface area contributed by atoms with Crippen LogP contribution in [0.4, 0.5) is 11.4 Å². The van der Waals surface area contributed by atoms with E-state index in [-0.39, 0.29) is 10.8 Å². The maximum atomic E-state index is 12.8. The number of carbonyl (C=O) groups excluding carboxylic acids is 1. The van der Waals surface area contributed by atoms with Crippen LogP contribution in [0.2, 0.25) is 0 Å². The molecule has 0 saturated heterocycles. The molecule has 7 heteroatoms. The molecular formula is C18H18N2O4S. The van der Waals surface area contributed by atoms with Gasteiger partial charge in [0.1, 0.15) is 5.75 Å². The predicted octanol–water partition coefficient (Wildman–Crippen LogP) is 2.33. The fourth-order valence-corrected chi connectivity index (χ4v) is 4.61. The van der Waals surface area contributed by atoms with Crippen molar-refractivity contribution in [2.75, 3.05) is 23.3 Å². The van der Waals surface area contributed by atoms with Crippen LogP contribution in [0.1, 0.15) is 17.5 Å². The number of carbonyl (C=O) groups is 1. The highest BCUT2D eigenvalue weighted by molar-refractivity contribution is 7.92. The van der Waals surface area contributed by atoms with Crippen molar-refractivity contribution >= 4 is 27.3 Å². The fourth-order valence-electron chi connectivity index (χ4n) is 3.45. The van der Waals surface area contributed by atoms with Crippen molar-refractivity contribution in [1.82, 2.24) is 0 Å². The highest BCUT2D eigenvalue weighted by atomic mass is 32.2. The summed E-state index contributed by atoms with van der Waals surface area (Å²) in [7, 11) is -2.13. The second-order valence-electron chi connectivity index (χ2n) is 6.22. The molecule has 0 unspecified atom stereocenters. The zero-order chi connectivity index (χ0) is 17.6. The Bertz CT molecular complexity index is 952. The molecule has 6 nitrogen and oxygen atoms in total. The lowest BCUT2D eigenvalue weighted by molar-refractivity contribution is -0.118. The van der Waals surface area contributed by atoms with E-state index in [1.807, 2.05) is 0 Å². The van der Waals surface area contributed by atoms with Crippen LogP contribution in [-0.2, 0) is 27.7 Å². The highest BCUT2D eigenvalue weighted by Crippen LogP contribution is 2.38. The second-order valence-corrected chi connectivity index (χ2v) is 7.90. The van der Waals surface area contributed by atoms with E-state index in [9.17, 15) is 13.2 Å². The van der Waals surface area contributed by atoms with E-state index in [2.05, 4.69) is 4.72 Å². The molecule has 0 aromatic heterocycles. The lowest BCUT2D eigenvalue weighted by Gasteiger charge is -2.25. The van der Waals surface area contributed by atoms with Crippen LogP contribution in [0.5, 0.6) is 5.75 Å². The quantitative estimate of drug-likeness (QED) is 0.910. The Hall–Kier alpha value is -2.54. The van der Waals surface area contributed by atoms with Crippen LogP contribution in [0.3, 0.4) is 0 Å². The van der Waals surface area contributed by atoms with Crippen molar-refractivity contribution < 1.29 is 17.9 Å². The molecule has 1 amide bonds. The first-order valence-electron chi connectivity index (χ1n) is 8.11. The van der Waals surface area contributed by atoms with E-state index in [0.29, 0.717) is 37.2 Å². The van der Waals surface area contributed by atoms with Gasteiger partial charge in [-0.1, -0.05) is 0 Å². The first-order chi connectivity index (χ1) is 12.0. The standard InChI is InChI=1S/C18H18N2O4S/c1-24-15-5-3-14(4-6-15)19-25(22,23)16-10-12-2-7-17(21)20-9-8-13(11-16)18(12)20/h3-6,10-11,19H,2,7-9H2,1H3. The van der Waals surface area contributed by atoms with Gasteiger partial charge in [0, 0.05) is 18.7 Å². The summed E-state index contributed by atoms with van der Waals surface area (Å²) in [5.74, 6) is 0.785. The molecule has 4 rings (SSSR count). The number of hydrogen-bond donors (Lipinski definition) is 1. The first kappa shape index (κ1) is 16.0. The normalized spacial score (nSPS) is 15.9. The van der Waals surface area contributed by atoms with Gasteiger partial charge in [0.2, 0.25) is 5.91 Å². The maximum Gasteiger partial charge on any atom is 0.261 e. The molecule has 2 heterocycles. The summed E-state index contributed by atoms with van der Waals surface area (Å²) in [4.78, 5) is 14.0. The third-order valence-electron chi connectivity index (χ3n) is 4.68. The number of nitrogens with one attached hydrogen (secondary N) is 1. The third-order valence-corrected chi connectivity index (χ3v) is 6.04. The molecule has 2 aliphatic heterocycles. The first-order valence-corrected chi connectivity index (χ1v) is 9.59. The smallest absolute Gasteiger partial charge is 0.261 e. The summed E-state index contributed by atoms with van der Waals surface area (Å²) in [5, 5.41) is 0. The summed E-state index contributed by atoms with van der Waals surface area (Å²) in [6.45, 7) is 0.635. The van der Waals surface area contributed by atoms with Crippen LogP contribution in [0.25, 0.3) is 0 Å². The Morgan fingerprint density at radius 1 is 1.04 bits per heavy atom. The Balaban J connectivity index is 1.68. The molecule has 0 radical (unpaired) electrons. The van der Waals surface area contributed by atoms with Crippen LogP contribution >= 0.6 is 0 Å². The Kier molecular flexibility index (Phi) is 3.68.